The summed E-state index contributed by atoms with van der Waals surface area (Å²) < 4.78 is 10.9. The molecule has 0 unspecified atom stereocenters. The van der Waals surface area contributed by atoms with Crippen molar-refractivity contribution in [1.82, 2.24) is 0 Å². The Labute approximate surface area is 126 Å². The molecule has 0 saturated carbocycles. The Balaban J connectivity index is 5.18. The molecule has 0 spiro atoms. The fourth-order valence-electron chi connectivity index (χ4n) is 1.38. The fourth-order valence-corrected chi connectivity index (χ4v) is 1.38. The zero-order chi connectivity index (χ0) is 16.2. The molecule has 0 rings (SSSR count). The quantitative estimate of drug-likeness (QED) is 0.612. The molecule has 0 atom stereocenters. The van der Waals surface area contributed by atoms with Crippen LogP contribution in [0.15, 0.2) is 24.3 Å². The van der Waals surface area contributed by atoms with Crippen molar-refractivity contribution in [2.24, 2.45) is 10.8 Å². The van der Waals surface area contributed by atoms with Gasteiger partial charge in [-0.1, -0.05) is 52.0 Å². The Hall–Kier alpha value is -0.600. The standard InChI is InChI=1S/C18H34O2/c1-15(2,11-13-17(5,6)19-9)16(3,4)12-14-18(7,8)20-10/h11-14H,1-10H3/b13-11+,14-12+. The van der Waals surface area contributed by atoms with Crippen LogP contribution in [0.4, 0.5) is 0 Å². The van der Waals surface area contributed by atoms with Crippen molar-refractivity contribution in [3.63, 3.8) is 0 Å². The summed E-state index contributed by atoms with van der Waals surface area (Å²) in [5.41, 5.74) is -0.433. The van der Waals surface area contributed by atoms with E-state index in [0.29, 0.717) is 0 Å². The van der Waals surface area contributed by atoms with Crippen LogP contribution in [-0.2, 0) is 9.47 Å². The van der Waals surface area contributed by atoms with Gasteiger partial charge in [-0.3, -0.25) is 0 Å². The summed E-state index contributed by atoms with van der Waals surface area (Å²) in [6.07, 6.45) is 8.79. The molecule has 0 fully saturated rings. The van der Waals surface area contributed by atoms with Crippen molar-refractivity contribution in [3.05, 3.63) is 24.3 Å². The molecule has 0 heterocycles. The smallest absolute Gasteiger partial charge is 0.0802 e. The van der Waals surface area contributed by atoms with E-state index in [2.05, 4.69) is 79.7 Å². The summed E-state index contributed by atoms with van der Waals surface area (Å²) in [6, 6.07) is 0. The number of rotatable bonds is 7. The van der Waals surface area contributed by atoms with E-state index in [1.54, 1.807) is 14.2 Å². The van der Waals surface area contributed by atoms with Gasteiger partial charge in [0.05, 0.1) is 11.2 Å². The van der Waals surface area contributed by atoms with E-state index in [1.165, 1.54) is 0 Å². The lowest BCUT2D eigenvalue weighted by Gasteiger charge is -2.38. The van der Waals surface area contributed by atoms with Gasteiger partial charge in [0.25, 0.3) is 0 Å². The summed E-state index contributed by atoms with van der Waals surface area (Å²) >= 11 is 0. The molecule has 118 valence electrons. The van der Waals surface area contributed by atoms with Crippen LogP contribution in [0, 0.1) is 10.8 Å². The van der Waals surface area contributed by atoms with Crippen LogP contribution in [0.3, 0.4) is 0 Å². The van der Waals surface area contributed by atoms with Gasteiger partial charge in [0.1, 0.15) is 0 Å². The maximum absolute atomic E-state index is 5.45. The van der Waals surface area contributed by atoms with Crippen LogP contribution in [0.1, 0.15) is 55.4 Å². The van der Waals surface area contributed by atoms with Gasteiger partial charge in [-0.15, -0.1) is 0 Å². The van der Waals surface area contributed by atoms with Crippen LogP contribution in [0.2, 0.25) is 0 Å². The van der Waals surface area contributed by atoms with E-state index in [1.807, 2.05) is 0 Å². The highest BCUT2D eigenvalue weighted by atomic mass is 16.5. The monoisotopic (exact) mass is 282 g/mol. The average molecular weight is 282 g/mol. The average Bonchev–Trinajstić information content (AvgIpc) is 2.34. The zero-order valence-corrected chi connectivity index (χ0v) is 15.1. The predicted molar refractivity (Wildman–Crippen MR) is 88.0 cm³/mol. The summed E-state index contributed by atoms with van der Waals surface area (Å²) in [5, 5.41) is 0. The third-order valence-electron chi connectivity index (χ3n) is 4.52. The lowest BCUT2D eigenvalue weighted by atomic mass is 9.67. The van der Waals surface area contributed by atoms with Crippen molar-refractivity contribution in [1.29, 1.82) is 0 Å². The van der Waals surface area contributed by atoms with E-state index < -0.39 is 0 Å². The number of methoxy groups -OCH3 is 2. The molecule has 0 radical (unpaired) electrons. The molecular weight excluding hydrogens is 248 g/mol. The SMILES string of the molecule is COC(C)(C)/C=C/C(C)(C)C(C)(C)/C=C/C(C)(C)OC. The maximum atomic E-state index is 5.45. The largest absolute Gasteiger partial charge is 0.375 e. The summed E-state index contributed by atoms with van der Waals surface area (Å²) in [4.78, 5) is 0. The number of ether oxygens (including phenoxy) is 2. The molecule has 0 saturated heterocycles. The minimum Gasteiger partial charge on any atom is -0.375 e. The molecule has 20 heavy (non-hydrogen) atoms. The maximum Gasteiger partial charge on any atom is 0.0802 e. The van der Waals surface area contributed by atoms with Gasteiger partial charge >= 0.3 is 0 Å². The Morgan fingerprint density at radius 2 is 0.750 bits per heavy atom. The van der Waals surface area contributed by atoms with Gasteiger partial charge in [0, 0.05) is 14.2 Å². The molecule has 0 amide bonds. The van der Waals surface area contributed by atoms with Crippen LogP contribution >= 0.6 is 0 Å². The molecule has 0 N–H and O–H groups in total. The van der Waals surface area contributed by atoms with Gasteiger partial charge < -0.3 is 9.47 Å². The van der Waals surface area contributed by atoms with Crippen molar-refractivity contribution in [2.75, 3.05) is 14.2 Å². The molecular formula is C18H34O2. The molecule has 0 aliphatic rings. The molecule has 0 aromatic heterocycles. The van der Waals surface area contributed by atoms with Crippen molar-refractivity contribution < 1.29 is 9.47 Å². The summed E-state index contributed by atoms with van der Waals surface area (Å²) in [5.74, 6) is 0. The van der Waals surface area contributed by atoms with Crippen LogP contribution < -0.4 is 0 Å². The molecule has 0 aromatic rings. The van der Waals surface area contributed by atoms with E-state index in [-0.39, 0.29) is 22.0 Å². The Bertz CT molecular complexity index is 322. The summed E-state index contributed by atoms with van der Waals surface area (Å²) in [6.45, 7) is 17.3. The van der Waals surface area contributed by atoms with E-state index >= 15 is 0 Å². The topological polar surface area (TPSA) is 18.5 Å². The van der Waals surface area contributed by atoms with Gasteiger partial charge in [-0.05, 0) is 38.5 Å². The molecule has 0 aliphatic carbocycles. The highest BCUT2D eigenvalue weighted by Crippen LogP contribution is 2.42. The predicted octanol–water partition coefficient (Wildman–Crippen LogP) is 5.00. The Morgan fingerprint density at radius 3 is 0.950 bits per heavy atom. The first-order valence-corrected chi connectivity index (χ1v) is 7.30. The van der Waals surface area contributed by atoms with Crippen LogP contribution in [0.25, 0.3) is 0 Å². The van der Waals surface area contributed by atoms with Gasteiger partial charge in [0.2, 0.25) is 0 Å². The molecule has 0 aromatic carbocycles. The number of allylic oxidation sites excluding steroid dienone is 2. The van der Waals surface area contributed by atoms with Crippen molar-refractivity contribution >= 4 is 0 Å². The van der Waals surface area contributed by atoms with E-state index in [4.69, 9.17) is 9.47 Å². The highest BCUT2D eigenvalue weighted by Gasteiger charge is 2.33. The second-order valence-electron chi connectivity index (χ2n) is 7.73. The molecule has 0 bridgehead atoms. The van der Waals surface area contributed by atoms with Crippen molar-refractivity contribution in [3.8, 4) is 0 Å². The molecule has 2 nitrogen and oxygen atoms in total. The van der Waals surface area contributed by atoms with E-state index in [0.717, 1.165) is 0 Å². The lowest BCUT2D eigenvalue weighted by Crippen LogP contribution is -2.31. The van der Waals surface area contributed by atoms with Gasteiger partial charge in [-0.2, -0.15) is 0 Å². The second kappa shape index (κ2) is 6.44. The minimum absolute atomic E-state index is 0.0170. The van der Waals surface area contributed by atoms with Crippen LogP contribution in [0.5, 0.6) is 0 Å². The first kappa shape index (κ1) is 19.4. The minimum atomic E-state index is -0.233. The third-order valence-corrected chi connectivity index (χ3v) is 4.52. The summed E-state index contributed by atoms with van der Waals surface area (Å²) in [7, 11) is 3.48. The Kier molecular flexibility index (Phi) is 6.25. The lowest BCUT2D eigenvalue weighted by molar-refractivity contribution is 0.0620. The third kappa shape index (κ3) is 5.80. The van der Waals surface area contributed by atoms with Crippen molar-refractivity contribution in [2.45, 2.75) is 66.6 Å². The van der Waals surface area contributed by atoms with Crippen LogP contribution in [-0.4, -0.2) is 25.4 Å². The van der Waals surface area contributed by atoms with Gasteiger partial charge in [-0.25, -0.2) is 0 Å². The zero-order valence-electron chi connectivity index (χ0n) is 15.1. The fraction of sp³-hybridized carbons (Fsp3) is 0.778. The normalized spacial score (nSPS) is 15.5. The Morgan fingerprint density at radius 1 is 0.500 bits per heavy atom. The first-order valence-electron chi connectivity index (χ1n) is 7.30. The second-order valence-corrected chi connectivity index (χ2v) is 7.73. The van der Waals surface area contributed by atoms with E-state index in [9.17, 15) is 0 Å². The van der Waals surface area contributed by atoms with Gasteiger partial charge in [0.15, 0.2) is 0 Å². The first-order chi connectivity index (χ1) is 8.79. The molecule has 2 heteroatoms. The highest BCUT2D eigenvalue weighted by molar-refractivity contribution is 5.15. The number of hydrogen-bond acceptors (Lipinski definition) is 2. The number of hydrogen-bond donors (Lipinski definition) is 0. The molecule has 0 aliphatic heterocycles.